The van der Waals surface area contributed by atoms with Crippen molar-refractivity contribution in [2.75, 3.05) is 19.8 Å². The molecule has 24 heavy (non-hydrogen) atoms. The number of carbonyl (C=O) groups excluding carboxylic acids is 1. The van der Waals surface area contributed by atoms with E-state index in [0.29, 0.717) is 13.0 Å². The molecule has 2 rings (SSSR count). The van der Waals surface area contributed by atoms with E-state index in [0.717, 1.165) is 22.8 Å². The molecule has 128 valence electrons. The smallest absolute Gasteiger partial charge is 0.308 e. The maximum atomic E-state index is 11.7. The molecule has 1 amide bonds. The van der Waals surface area contributed by atoms with Gasteiger partial charge in [0.2, 0.25) is 5.91 Å². The van der Waals surface area contributed by atoms with Crippen LogP contribution < -0.4 is 5.32 Å². The molecular formula is C19H23NO4. The molecule has 5 heteroatoms. The third kappa shape index (κ3) is 5.06. The lowest BCUT2D eigenvalue weighted by Crippen LogP contribution is -2.36. The number of nitrogens with one attached hydrogen (secondary N) is 1. The van der Waals surface area contributed by atoms with Crippen molar-refractivity contribution in [2.24, 2.45) is 5.92 Å². The standard InChI is InChI=1S/C19H23NO4/c1-2-10-24-13-18(21)20-12-16(19(22)23)11-15-8-5-7-14-6-3-4-9-17(14)15/h3-9,16H,2,10-13H2,1H3,(H,20,21)(H,22,23). The van der Waals surface area contributed by atoms with Crippen molar-refractivity contribution in [3.05, 3.63) is 48.0 Å². The number of carboxylic acids is 1. The van der Waals surface area contributed by atoms with Crippen LogP contribution in [0, 0.1) is 5.92 Å². The number of amides is 1. The number of fused-ring (bicyclic) bond motifs is 1. The molecule has 0 saturated heterocycles. The number of aliphatic carboxylic acids is 1. The predicted octanol–water partition coefficient (Wildman–Crippen LogP) is 2.63. The molecule has 1 unspecified atom stereocenters. The Morgan fingerprint density at radius 2 is 1.92 bits per heavy atom. The Bertz CT molecular complexity index is 693. The third-order valence-corrected chi connectivity index (χ3v) is 3.82. The highest BCUT2D eigenvalue weighted by molar-refractivity contribution is 5.86. The molecule has 0 heterocycles. The number of ether oxygens (including phenoxy) is 1. The highest BCUT2D eigenvalue weighted by Crippen LogP contribution is 2.21. The van der Waals surface area contributed by atoms with Gasteiger partial charge in [-0.3, -0.25) is 9.59 Å². The van der Waals surface area contributed by atoms with Gasteiger partial charge < -0.3 is 15.2 Å². The first-order chi connectivity index (χ1) is 11.6. The summed E-state index contributed by atoms with van der Waals surface area (Å²) in [5.41, 5.74) is 0.969. The van der Waals surface area contributed by atoms with Gasteiger partial charge >= 0.3 is 5.97 Å². The average Bonchev–Trinajstić information content (AvgIpc) is 2.58. The Morgan fingerprint density at radius 1 is 1.17 bits per heavy atom. The van der Waals surface area contributed by atoms with E-state index in [9.17, 15) is 14.7 Å². The summed E-state index contributed by atoms with van der Waals surface area (Å²) in [4.78, 5) is 23.2. The summed E-state index contributed by atoms with van der Waals surface area (Å²) in [6.07, 6.45) is 1.21. The van der Waals surface area contributed by atoms with E-state index in [4.69, 9.17) is 4.74 Å². The van der Waals surface area contributed by atoms with Crippen LogP contribution in [0.3, 0.4) is 0 Å². The van der Waals surface area contributed by atoms with Gasteiger partial charge in [-0.25, -0.2) is 0 Å². The van der Waals surface area contributed by atoms with Crippen LogP contribution in [0.15, 0.2) is 42.5 Å². The van der Waals surface area contributed by atoms with Gasteiger partial charge in [-0.1, -0.05) is 49.4 Å². The number of carbonyl (C=O) groups is 2. The second-order valence-corrected chi connectivity index (χ2v) is 5.73. The van der Waals surface area contributed by atoms with E-state index < -0.39 is 11.9 Å². The summed E-state index contributed by atoms with van der Waals surface area (Å²) in [5.74, 6) is -1.88. The molecule has 0 aliphatic rings. The van der Waals surface area contributed by atoms with Gasteiger partial charge in [-0.2, -0.15) is 0 Å². The molecule has 2 N–H and O–H groups in total. The second kappa shape index (κ2) is 9.03. The molecule has 0 bridgehead atoms. The minimum atomic E-state index is -0.919. The average molecular weight is 329 g/mol. The quantitative estimate of drug-likeness (QED) is 0.694. The number of benzene rings is 2. The maximum Gasteiger partial charge on any atom is 0.308 e. The van der Waals surface area contributed by atoms with Crippen LogP contribution in [0.25, 0.3) is 10.8 Å². The topological polar surface area (TPSA) is 75.6 Å². The minimum Gasteiger partial charge on any atom is -0.481 e. The zero-order chi connectivity index (χ0) is 17.4. The Labute approximate surface area is 141 Å². The van der Waals surface area contributed by atoms with Gasteiger partial charge in [0.1, 0.15) is 6.61 Å². The molecule has 0 spiro atoms. The summed E-state index contributed by atoms with van der Waals surface area (Å²) >= 11 is 0. The zero-order valence-electron chi connectivity index (χ0n) is 13.8. The molecule has 0 radical (unpaired) electrons. The summed E-state index contributed by atoms with van der Waals surface area (Å²) in [6, 6.07) is 13.7. The predicted molar refractivity (Wildman–Crippen MR) is 92.9 cm³/mol. The van der Waals surface area contributed by atoms with Crippen molar-refractivity contribution in [2.45, 2.75) is 19.8 Å². The van der Waals surface area contributed by atoms with E-state index in [-0.39, 0.29) is 19.1 Å². The van der Waals surface area contributed by atoms with E-state index in [1.807, 2.05) is 49.4 Å². The van der Waals surface area contributed by atoms with Crippen molar-refractivity contribution in [1.82, 2.24) is 5.32 Å². The fourth-order valence-electron chi connectivity index (χ4n) is 2.58. The molecule has 2 aromatic carbocycles. The van der Waals surface area contributed by atoms with Crippen LogP contribution in [-0.4, -0.2) is 36.7 Å². The number of carboxylic acid groups (broad SMARTS) is 1. The molecule has 2 aromatic rings. The molecule has 0 aliphatic carbocycles. The molecular weight excluding hydrogens is 306 g/mol. The van der Waals surface area contributed by atoms with Gasteiger partial charge in [-0.05, 0) is 29.2 Å². The lowest BCUT2D eigenvalue weighted by atomic mass is 9.95. The fourth-order valence-corrected chi connectivity index (χ4v) is 2.58. The lowest BCUT2D eigenvalue weighted by molar-refractivity contribution is -0.141. The fraction of sp³-hybridized carbons (Fsp3) is 0.368. The zero-order valence-corrected chi connectivity index (χ0v) is 13.8. The summed E-state index contributed by atoms with van der Waals surface area (Å²) in [6.45, 7) is 2.54. The molecule has 0 saturated carbocycles. The third-order valence-electron chi connectivity index (χ3n) is 3.82. The number of hydrogen-bond acceptors (Lipinski definition) is 3. The first kappa shape index (κ1) is 17.9. The van der Waals surface area contributed by atoms with Gasteiger partial charge in [0.15, 0.2) is 0 Å². The van der Waals surface area contributed by atoms with E-state index >= 15 is 0 Å². The summed E-state index contributed by atoms with van der Waals surface area (Å²) < 4.78 is 5.15. The first-order valence-corrected chi connectivity index (χ1v) is 8.15. The van der Waals surface area contributed by atoms with Gasteiger partial charge in [0, 0.05) is 13.2 Å². The molecule has 5 nitrogen and oxygen atoms in total. The van der Waals surface area contributed by atoms with Gasteiger partial charge in [0.25, 0.3) is 0 Å². The van der Waals surface area contributed by atoms with Crippen LogP contribution in [0.2, 0.25) is 0 Å². The number of hydrogen-bond donors (Lipinski definition) is 2. The second-order valence-electron chi connectivity index (χ2n) is 5.73. The van der Waals surface area contributed by atoms with E-state index in [1.54, 1.807) is 0 Å². The van der Waals surface area contributed by atoms with Crippen LogP contribution in [0.1, 0.15) is 18.9 Å². The Morgan fingerprint density at radius 3 is 2.67 bits per heavy atom. The monoisotopic (exact) mass is 329 g/mol. The normalized spacial score (nSPS) is 12.0. The van der Waals surface area contributed by atoms with E-state index in [1.165, 1.54) is 0 Å². The van der Waals surface area contributed by atoms with Crippen molar-refractivity contribution >= 4 is 22.6 Å². The Hall–Kier alpha value is -2.40. The minimum absolute atomic E-state index is 0.0333. The molecule has 0 aliphatic heterocycles. The Balaban J connectivity index is 2.00. The summed E-state index contributed by atoms with van der Waals surface area (Å²) in [7, 11) is 0. The van der Waals surface area contributed by atoms with E-state index in [2.05, 4.69) is 5.32 Å². The van der Waals surface area contributed by atoms with Crippen LogP contribution in [0.4, 0.5) is 0 Å². The molecule has 1 atom stereocenters. The molecule has 0 aromatic heterocycles. The van der Waals surface area contributed by atoms with Gasteiger partial charge in [0.05, 0.1) is 5.92 Å². The maximum absolute atomic E-state index is 11.7. The van der Waals surface area contributed by atoms with Crippen LogP contribution in [-0.2, 0) is 20.7 Å². The Kier molecular flexibility index (Phi) is 6.75. The van der Waals surface area contributed by atoms with Gasteiger partial charge in [-0.15, -0.1) is 0 Å². The highest BCUT2D eigenvalue weighted by Gasteiger charge is 2.20. The largest absolute Gasteiger partial charge is 0.481 e. The highest BCUT2D eigenvalue weighted by atomic mass is 16.5. The first-order valence-electron chi connectivity index (χ1n) is 8.15. The van der Waals surface area contributed by atoms with Crippen LogP contribution >= 0.6 is 0 Å². The van der Waals surface area contributed by atoms with Crippen molar-refractivity contribution < 1.29 is 19.4 Å². The van der Waals surface area contributed by atoms with Crippen molar-refractivity contribution in [3.8, 4) is 0 Å². The SMILES string of the molecule is CCCOCC(=O)NCC(Cc1cccc2ccccc12)C(=O)O. The molecule has 0 fully saturated rings. The summed E-state index contributed by atoms with van der Waals surface area (Å²) in [5, 5.41) is 14.2. The van der Waals surface area contributed by atoms with Crippen molar-refractivity contribution in [1.29, 1.82) is 0 Å². The van der Waals surface area contributed by atoms with Crippen molar-refractivity contribution in [3.63, 3.8) is 0 Å². The number of rotatable bonds is 9. The lowest BCUT2D eigenvalue weighted by Gasteiger charge is -2.15. The van der Waals surface area contributed by atoms with Crippen LogP contribution in [0.5, 0.6) is 0 Å².